The van der Waals surface area contributed by atoms with Crippen LogP contribution in [0.4, 0.5) is 20.6 Å². The Morgan fingerprint density at radius 1 is 1.07 bits per heavy atom. The Morgan fingerprint density at radius 2 is 1.75 bits per heavy atom. The summed E-state index contributed by atoms with van der Waals surface area (Å²) < 4.78 is 58.6. The van der Waals surface area contributed by atoms with Crippen LogP contribution >= 0.6 is 0 Å². The molecule has 2 aliphatic rings. The van der Waals surface area contributed by atoms with Gasteiger partial charge in [-0.1, -0.05) is 6.92 Å². The molecule has 0 unspecified atom stereocenters. The molecule has 5 rings (SSSR count). The lowest BCUT2D eigenvalue weighted by atomic mass is 9.99. The zero-order chi connectivity index (χ0) is 31.6. The summed E-state index contributed by atoms with van der Waals surface area (Å²) in [5, 5.41) is 12.7. The largest absolute Gasteiger partial charge is 0.487 e. The van der Waals surface area contributed by atoms with Crippen molar-refractivity contribution in [2.75, 3.05) is 43.6 Å². The molecule has 0 aromatic heterocycles. The summed E-state index contributed by atoms with van der Waals surface area (Å²) in [5.41, 5.74) is 0.688. The number of aliphatic hydroxyl groups is 1. The van der Waals surface area contributed by atoms with E-state index < -0.39 is 39.9 Å². The zero-order valence-corrected chi connectivity index (χ0v) is 25.1. The Bertz CT molecular complexity index is 1650. The van der Waals surface area contributed by atoms with E-state index in [0.29, 0.717) is 17.2 Å². The molecule has 14 heteroatoms. The van der Waals surface area contributed by atoms with Crippen LogP contribution in [0.3, 0.4) is 0 Å². The van der Waals surface area contributed by atoms with Crippen molar-refractivity contribution in [3.05, 3.63) is 72.0 Å². The van der Waals surface area contributed by atoms with Gasteiger partial charge < -0.3 is 34.4 Å². The third-order valence-electron chi connectivity index (χ3n) is 7.47. The first-order valence-electron chi connectivity index (χ1n) is 13.9. The van der Waals surface area contributed by atoms with Gasteiger partial charge in [-0.2, -0.15) is 0 Å². The van der Waals surface area contributed by atoms with Crippen LogP contribution in [0.5, 0.6) is 17.2 Å². The standard InChI is InChI=1S/C30H33FN4O8S/c1-18-14-35(19(2)16-36)29(37)24-12-22(33-44(39,40)23-8-4-20(31)5-9-23)7-10-25(24)43-28(18)15-34(3)30(38)32-21-6-11-26-27(13-21)42-17-41-26/h4-13,18-19,28,33,36H,14-17H2,1-3H3,(H,32,38)/t18-,19+,28-/m0/s1. The number of carbonyl (C=O) groups excluding carboxylic acids is 2. The fourth-order valence-corrected chi connectivity index (χ4v) is 5.93. The minimum absolute atomic E-state index is 0.0778. The number of benzene rings is 3. The molecule has 0 fully saturated rings. The Kier molecular flexibility index (Phi) is 8.83. The Labute approximate surface area is 254 Å². The first kappa shape index (κ1) is 30.9. The second kappa shape index (κ2) is 12.6. The van der Waals surface area contributed by atoms with Crippen molar-refractivity contribution < 1.29 is 41.7 Å². The van der Waals surface area contributed by atoms with Crippen LogP contribution in [0.2, 0.25) is 0 Å². The van der Waals surface area contributed by atoms with Crippen LogP contribution in [0.1, 0.15) is 24.2 Å². The number of nitrogens with one attached hydrogen (secondary N) is 2. The maximum absolute atomic E-state index is 13.7. The van der Waals surface area contributed by atoms with Crippen molar-refractivity contribution in [2.45, 2.75) is 30.9 Å². The number of hydrogen-bond acceptors (Lipinski definition) is 8. The monoisotopic (exact) mass is 628 g/mol. The van der Waals surface area contributed by atoms with Gasteiger partial charge >= 0.3 is 6.03 Å². The van der Waals surface area contributed by atoms with Gasteiger partial charge in [-0.3, -0.25) is 9.52 Å². The first-order chi connectivity index (χ1) is 20.9. The third-order valence-corrected chi connectivity index (χ3v) is 8.86. The van der Waals surface area contributed by atoms with E-state index >= 15 is 0 Å². The van der Waals surface area contributed by atoms with E-state index in [1.165, 1.54) is 28.0 Å². The number of nitrogens with zero attached hydrogens (tertiary/aromatic N) is 2. The molecule has 0 saturated heterocycles. The number of fused-ring (bicyclic) bond motifs is 2. The molecule has 3 amide bonds. The summed E-state index contributed by atoms with van der Waals surface area (Å²) in [6.07, 6.45) is -0.579. The van der Waals surface area contributed by atoms with Crippen LogP contribution in [0.15, 0.2) is 65.6 Å². The molecule has 0 bridgehead atoms. The van der Waals surface area contributed by atoms with Crippen LogP contribution in [0.25, 0.3) is 0 Å². The van der Waals surface area contributed by atoms with E-state index in [0.717, 1.165) is 24.3 Å². The van der Waals surface area contributed by atoms with Crippen molar-refractivity contribution in [2.24, 2.45) is 5.92 Å². The molecule has 3 aromatic rings. The summed E-state index contributed by atoms with van der Waals surface area (Å²) in [6, 6.07) is 12.8. The van der Waals surface area contributed by atoms with Gasteiger partial charge in [-0.05, 0) is 61.5 Å². The van der Waals surface area contributed by atoms with E-state index in [-0.39, 0.29) is 54.3 Å². The number of ether oxygens (including phenoxy) is 3. The molecule has 2 heterocycles. The van der Waals surface area contributed by atoms with Gasteiger partial charge in [0.2, 0.25) is 6.79 Å². The summed E-state index contributed by atoms with van der Waals surface area (Å²) in [6.45, 7) is 3.75. The molecule has 44 heavy (non-hydrogen) atoms. The Morgan fingerprint density at radius 3 is 2.48 bits per heavy atom. The quantitative estimate of drug-likeness (QED) is 0.342. The lowest BCUT2D eigenvalue weighted by molar-refractivity contribution is 0.0371. The smallest absolute Gasteiger partial charge is 0.321 e. The second-order valence-corrected chi connectivity index (χ2v) is 12.5. The van der Waals surface area contributed by atoms with Gasteiger partial charge in [0.25, 0.3) is 15.9 Å². The first-order valence-corrected chi connectivity index (χ1v) is 15.4. The summed E-state index contributed by atoms with van der Waals surface area (Å²) >= 11 is 0. The van der Waals surface area contributed by atoms with E-state index in [9.17, 15) is 27.5 Å². The van der Waals surface area contributed by atoms with Crippen LogP contribution in [-0.4, -0.2) is 80.9 Å². The highest BCUT2D eigenvalue weighted by Gasteiger charge is 2.34. The highest BCUT2D eigenvalue weighted by molar-refractivity contribution is 7.92. The zero-order valence-electron chi connectivity index (χ0n) is 24.3. The van der Waals surface area contributed by atoms with Crippen molar-refractivity contribution in [1.29, 1.82) is 0 Å². The molecule has 3 N–H and O–H groups in total. The number of sulfonamides is 1. The number of likely N-dealkylation sites (N-methyl/N-ethyl adjacent to an activating group) is 1. The molecule has 12 nitrogen and oxygen atoms in total. The number of carbonyl (C=O) groups is 2. The molecule has 0 radical (unpaired) electrons. The van der Waals surface area contributed by atoms with E-state index in [1.807, 2.05) is 6.92 Å². The maximum atomic E-state index is 13.7. The molecule has 234 valence electrons. The van der Waals surface area contributed by atoms with Crippen LogP contribution in [-0.2, 0) is 10.0 Å². The third kappa shape index (κ3) is 6.65. The molecule has 2 aliphatic heterocycles. The predicted octanol–water partition coefficient (Wildman–Crippen LogP) is 3.74. The highest BCUT2D eigenvalue weighted by Crippen LogP contribution is 2.35. The summed E-state index contributed by atoms with van der Waals surface area (Å²) in [4.78, 5) is 29.6. The van der Waals surface area contributed by atoms with Crippen molar-refractivity contribution >= 4 is 33.3 Å². The van der Waals surface area contributed by atoms with Crippen molar-refractivity contribution in [3.63, 3.8) is 0 Å². The molecule has 0 spiro atoms. The Hall–Kier alpha value is -4.56. The molecule has 0 aliphatic carbocycles. The van der Waals surface area contributed by atoms with E-state index in [1.54, 1.807) is 32.2 Å². The molecule has 0 saturated carbocycles. The number of urea groups is 1. The normalized spacial score (nSPS) is 18.4. The van der Waals surface area contributed by atoms with Crippen LogP contribution in [0, 0.1) is 11.7 Å². The molecule has 3 atom stereocenters. The maximum Gasteiger partial charge on any atom is 0.321 e. The van der Waals surface area contributed by atoms with Gasteiger partial charge in [-0.15, -0.1) is 0 Å². The number of hydrogen-bond donors (Lipinski definition) is 3. The highest BCUT2D eigenvalue weighted by atomic mass is 32.2. The van der Waals surface area contributed by atoms with E-state index in [2.05, 4.69) is 10.0 Å². The van der Waals surface area contributed by atoms with Gasteiger partial charge in [0.1, 0.15) is 17.7 Å². The number of rotatable bonds is 8. The topological polar surface area (TPSA) is 147 Å². The van der Waals surface area contributed by atoms with E-state index in [4.69, 9.17) is 14.2 Å². The fraction of sp³-hybridized carbons (Fsp3) is 0.333. The van der Waals surface area contributed by atoms with Gasteiger partial charge in [-0.25, -0.2) is 17.6 Å². The number of halogens is 1. The van der Waals surface area contributed by atoms with Gasteiger partial charge in [0, 0.05) is 37.0 Å². The predicted molar refractivity (Wildman–Crippen MR) is 159 cm³/mol. The van der Waals surface area contributed by atoms with Gasteiger partial charge in [0.05, 0.1) is 29.7 Å². The average molecular weight is 629 g/mol. The lowest BCUT2D eigenvalue weighted by Gasteiger charge is -2.38. The number of anilines is 2. The molecular formula is C30H33FN4O8S. The minimum Gasteiger partial charge on any atom is -0.487 e. The lowest BCUT2D eigenvalue weighted by Crippen LogP contribution is -2.50. The van der Waals surface area contributed by atoms with Crippen LogP contribution < -0.4 is 24.2 Å². The summed E-state index contributed by atoms with van der Waals surface area (Å²) in [5.74, 6) is 0.0133. The van der Waals surface area contributed by atoms with Gasteiger partial charge in [0.15, 0.2) is 11.5 Å². The Balaban J connectivity index is 1.38. The minimum atomic E-state index is -4.09. The summed E-state index contributed by atoms with van der Waals surface area (Å²) in [7, 11) is -2.47. The fourth-order valence-electron chi connectivity index (χ4n) is 4.88. The van der Waals surface area contributed by atoms with Crippen molar-refractivity contribution in [1.82, 2.24) is 9.80 Å². The second-order valence-electron chi connectivity index (χ2n) is 10.8. The van der Waals surface area contributed by atoms with Crippen molar-refractivity contribution in [3.8, 4) is 17.2 Å². The molecular weight excluding hydrogens is 595 g/mol. The average Bonchev–Trinajstić information content (AvgIpc) is 3.47. The molecule has 3 aromatic carbocycles. The number of amides is 3. The number of aliphatic hydroxyl groups excluding tert-OH is 1. The SMILES string of the molecule is C[C@H](CO)N1C[C@H](C)[C@H](CN(C)C(=O)Nc2ccc3c(c2)OCO3)Oc2ccc(NS(=O)(=O)c3ccc(F)cc3)cc2C1=O.